The molecule has 164 valence electrons. The topological polar surface area (TPSA) is 79.3 Å². The van der Waals surface area contributed by atoms with Crippen molar-refractivity contribution >= 4 is 11.9 Å². The summed E-state index contributed by atoms with van der Waals surface area (Å²) in [6, 6.07) is 13.9. The Kier molecular flexibility index (Phi) is 6.53. The molecule has 2 aliphatic rings. The van der Waals surface area contributed by atoms with Gasteiger partial charge in [-0.05, 0) is 36.2 Å². The highest BCUT2D eigenvalue weighted by Crippen LogP contribution is 2.43. The summed E-state index contributed by atoms with van der Waals surface area (Å²) in [5, 5.41) is 10.2. The zero-order valence-corrected chi connectivity index (χ0v) is 17.7. The lowest BCUT2D eigenvalue weighted by atomic mass is 9.79. The lowest BCUT2D eigenvalue weighted by Crippen LogP contribution is -2.49. The standard InChI is InChI=1S/C24H28N2O5/c1-2-31-18-9-7-17(8-10-18)22-21(24(28)29)19-5-3-4-6-20(19)23(27)26(22)12-11-25-13-15-30-16-14-25/h3-10,21-22H,2,11-16H2,1H3,(H,28,29)/t21-,22+/m0/s1. The number of hydrogen-bond acceptors (Lipinski definition) is 5. The predicted molar refractivity (Wildman–Crippen MR) is 115 cm³/mol. The average Bonchev–Trinajstić information content (AvgIpc) is 2.79. The van der Waals surface area contributed by atoms with Crippen LogP contribution in [-0.2, 0) is 9.53 Å². The highest BCUT2D eigenvalue weighted by molar-refractivity contribution is 6.00. The fourth-order valence-corrected chi connectivity index (χ4v) is 4.48. The third kappa shape index (κ3) is 4.43. The fraction of sp³-hybridized carbons (Fsp3) is 0.417. The van der Waals surface area contributed by atoms with E-state index in [0.717, 1.165) is 24.4 Å². The number of fused-ring (bicyclic) bond motifs is 1. The van der Waals surface area contributed by atoms with E-state index in [1.807, 2.05) is 31.2 Å². The molecule has 2 heterocycles. The third-order valence-corrected chi connectivity index (χ3v) is 6.00. The monoisotopic (exact) mass is 424 g/mol. The molecular weight excluding hydrogens is 396 g/mol. The second-order valence-electron chi connectivity index (χ2n) is 7.80. The maximum atomic E-state index is 13.5. The number of hydrogen-bond donors (Lipinski definition) is 1. The minimum absolute atomic E-state index is 0.125. The van der Waals surface area contributed by atoms with Crippen molar-refractivity contribution in [2.75, 3.05) is 46.0 Å². The molecule has 1 saturated heterocycles. The smallest absolute Gasteiger partial charge is 0.313 e. The number of morpholine rings is 1. The summed E-state index contributed by atoms with van der Waals surface area (Å²) in [5.41, 5.74) is 1.83. The van der Waals surface area contributed by atoms with Crippen molar-refractivity contribution in [1.82, 2.24) is 9.80 Å². The molecule has 1 amide bonds. The van der Waals surface area contributed by atoms with E-state index in [1.54, 1.807) is 29.2 Å². The van der Waals surface area contributed by atoms with Crippen molar-refractivity contribution in [3.63, 3.8) is 0 Å². The molecule has 7 nitrogen and oxygen atoms in total. The van der Waals surface area contributed by atoms with E-state index in [9.17, 15) is 14.7 Å². The van der Waals surface area contributed by atoms with Gasteiger partial charge in [-0.15, -0.1) is 0 Å². The SMILES string of the molecule is CCOc1ccc([C@@H]2[C@@H](C(=O)O)c3ccccc3C(=O)N2CCN2CCOCC2)cc1. The largest absolute Gasteiger partial charge is 0.494 e. The highest BCUT2D eigenvalue weighted by Gasteiger charge is 2.44. The number of carboxylic acid groups (broad SMARTS) is 1. The van der Waals surface area contributed by atoms with Gasteiger partial charge in [0.2, 0.25) is 0 Å². The number of carbonyl (C=O) groups excluding carboxylic acids is 1. The Balaban J connectivity index is 1.71. The van der Waals surface area contributed by atoms with Crippen LogP contribution in [0.25, 0.3) is 0 Å². The minimum atomic E-state index is -0.935. The van der Waals surface area contributed by atoms with Crippen LogP contribution in [0, 0.1) is 0 Å². The summed E-state index contributed by atoms with van der Waals surface area (Å²) < 4.78 is 11.0. The van der Waals surface area contributed by atoms with Gasteiger partial charge in [-0.2, -0.15) is 0 Å². The Hall–Kier alpha value is -2.90. The molecule has 1 fully saturated rings. The van der Waals surface area contributed by atoms with E-state index >= 15 is 0 Å². The number of carbonyl (C=O) groups is 2. The first kappa shape index (κ1) is 21.3. The number of amides is 1. The van der Waals surface area contributed by atoms with Crippen molar-refractivity contribution in [1.29, 1.82) is 0 Å². The lowest BCUT2D eigenvalue weighted by molar-refractivity contribution is -0.140. The Bertz CT molecular complexity index is 924. The number of benzene rings is 2. The van der Waals surface area contributed by atoms with Crippen LogP contribution in [0.15, 0.2) is 48.5 Å². The molecule has 31 heavy (non-hydrogen) atoms. The van der Waals surface area contributed by atoms with Crippen molar-refractivity contribution in [3.8, 4) is 5.75 Å². The van der Waals surface area contributed by atoms with E-state index < -0.39 is 17.9 Å². The first-order valence-electron chi connectivity index (χ1n) is 10.8. The van der Waals surface area contributed by atoms with Gasteiger partial charge in [0, 0.05) is 31.7 Å². The van der Waals surface area contributed by atoms with E-state index in [1.165, 1.54) is 0 Å². The lowest BCUT2D eigenvalue weighted by Gasteiger charge is -2.42. The second kappa shape index (κ2) is 9.49. The van der Waals surface area contributed by atoms with Gasteiger partial charge in [0.05, 0.1) is 25.9 Å². The molecule has 1 N–H and O–H groups in total. The van der Waals surface area contributed by atoms with Crippen molar-refractivity contribution < 1.29 is 24.2 Å². The van der Waals surface area contributed by atoms with E-state index in [4.69, 9.17) is 9.47 Å². The van der Waals surface area contributed by atoms with Crippen LogP contribution in [0.4, 0.5) is 0 Å². The molecule has 7 heteroatoms. The summed E-state index contributed by atoms with van der Waals surface area (Å²) >= 11 is 0. The average molecular weight is 424 g/mol. The summed E-state index contributed by atoms with van der Waals surface area (Å²) in [7, 11) is 0. The van der Waals surface area contributed by atoms with Gasteiger partial charge >= 0.3 is 5.97 Å². The molecular formula is C24H28N2O5. The van der Waals surface area contributed by atoms with E-state index in [-0.39, 0.29) is 5.91 Å². The van der Waals surface area contributed by atoms with Crippen molar-refractivity contribution in [3.05, 3.63) is 65.2 Å². The van der Waals surface area contributed by atoms with Crippen LogP contribution in [0.3, 0.4) is 0 Å². The van der Waals surface area contributed by atoms with Crippen LogP contribution >= 0.6 is 0 Å². The summed E-state index contributed by atoms with van der Waals surface area (Å²) in [6.07, 6.45) is 0. The quantitative estimate of drug-likeness (QED) is 0.736. The number of nitrogens with zero attached hydrogens (tertiary/aromatic N) is 2. The molecule has 0 bridgehead atoms. The van der Waals surface area contributed by atoms with Crippen LogP contribution in [0.5, 0.6) is 5.75 Å². The maximum absolute atomic E-state index is 13.5. The Labute approximate surface area is 182 Å². The normalized spacial score (nSPS) is 21.6. The number of rotatable bonds is 7. The van der Waals surface area contributed by atoms with Crippen LogP contribution < -0.4 is 4.74 Å². The summed E-state index contributed by atoms with van der Waals surface area (Å²) in [4.78, 5) is 29.9. The van der Waals surface area contributed by atoms with Crippen LogP contribution in [0.2, 0.25) is 0 Å². The van der Waals surface area contributed by atoms with Gasteiger partial charge in [0.15, 0.2) is 0 Å². The maximum Gasteiger partial charge on any atom is 0.313 e. The predicted octanol–water partition coefficient (Wildman–Crippen LogP) is 2.78. The Morgan fingerprint density at radius 2 is 1.81 bits per heavy atom. The Morgan fingerprint density at radius 3 is 2.48 bits per heavy atom. The molecule has 2 aliphatic heterocycles. The summed E-state index contributed by atoms with van der Waals surface area (Å²) in [5.74, 6) is -1.17. The minimum Gasteiger partial charge on any atom is -0.494 e. The molecule has 2 atom stereocenters. The molecule has 0 spiro atoms. The van der Waals surface area contributed by atoms with Gasteiger partial charge in [0.25, 0.3) is 5.91 Å². The first-order valence-corrected chi connectivity index (χ1v) is 10.8. The molecule has 0 radical (unpaired) electrons. The highest BCUT2D eigenvalue weighted by atomic mass is 16.5. The molecule has 4 rings (SSSR count). The molecule has 2 aromatic rings. The van der Waals surface area contributed by atoms with Crippen molar-refractivity contribution in [2.45, 2.75) is 18.9 Å². The van der Waals surface area contributed by atoms with Gasteiger partial charge in [-0.25, -0.2) is 0 Å². The van der Waals surface area contributed by atoms with Crippen LogP contribution in [-0.4, -0.2) is 72.8 Å². The molecule has 2 aromatic carbocycles. The van der Waals surface area contributed by atoms with Crippen molar-refractivity contribution in [2.24, 2.45) is 0 Å². The number of aliphatic carboxylic acids is 1. The Morgan fingerprint density at radius 1 is 1.10 bits per heavy atom. The zero-order valence-electron chi connectivity index (χ0n) is 17.7. The molecule has 0 aromatic heterocycles. The van der Waals surface area contributed by atoms with Gasteiger partial charge < -0.3 is 19.5 Å². The van der Waals surface area contributed by atoms with Gasteiger partial charge in [-0.3, -0.25) is 14.5 Å². The first-order chi connectivity index (χ1) is 15.1. The van der Waals surface area contributed by atoms with Gasteiger partial charge in [0.1, 0.15) is 11.7 Å². The van der Waals surface area contributed by atoms with Crippen LogP contribution in [0.1, 0.15) is 40.4 Å². The second-order valence-corrected chi connectivity index (χ2v) is 7.80. The number of ether oxygens (including phenoxy) is 2. The number of carboxylic acids is 1. The molecule has 0 saturated carbocycles. The van der Waals surface area contributed by atoms with E-state index in [2.05, 4.69) is 4.90 Å². The summed E-state index contributed by atoms with van der Waals surface area (Å²) in [6.45, 7) is 6.58. The molecule has 0 unspecified atom stereocenters. The zero-order chi connectivity index (χ0) is 21.8. The molecule has 0 aliphatic carbocycles. The van der Waals surface area contributed by atoms with E-state index in [0.29, 0.717) is 44.0 Å². The van der Waals surface area contributed by atoms with Gasteiger partial charge in [-0.1, -0.05) is 30.3 Å². The third-order valence-electron chi connectivity index (χ3n) is 6.00. The fourth-order valence-electron chi connectivity index (χ4n) is 4.48.